The van der Waals surface area contributed by atoms with Crippen LogP contribution in [0.5, 0.6) is 0 Å². The molecule has 0 saturated carbocycles. The van der Waals surface area contributed by atoms with Gasteiger partial charge in [-0.25, -0.2) is 4.79 Å². The summed E-state index contributed by atoms with van der Waals surface area (Å²) in [5.74, 6) is -0.870. The SMILES string of the molecule is CCCCCCCCn1cc(Cc2ccc(NCc3c(Cl)cccc3Cl)cc2)cc1C(=O)O. The molecule has 1 aromatic heterocycles. The van der Waals surface area contributed by atoms with E-state index in [1.165, 1.54) is 25.7 Å². The molecular weight excluding hydrogens is 455 g/mol. The number of halogens is 2. The Kier molecular flexibility index (Phi) is 9.71. The molecule has 0 bridgehead atoms. The number of nitrogens with one attached hydrogen (secondary N) is 1. The highest BCUT2D eigenvalue weighted by Gasteiger charge is 2.13. The zero-order chi connectivity index (χ0) is 23.6. The van der Waals surface area contributed by atoms with Crippen LogP contribution in [0, 0.1) is 0 Å². The number of aromatic nitrogens is 1. The van der Waals surface area contributed by atoms with Gasteiger partial charge in [0.2, 0.25) is 0 Å². The van der Waals surface area contributed by atoms with Crippen LogP contribution in [-0.2, 0) is 19.5 Å². The molecule has 176 valence electrons. The van der Waals surface area contributed by atoms with Crippen molar-refractivity contribution in [2.75, 3.05) is 5.32 Å². The molecule has 0 aliphatic heterocycles. The van der Waals surface area contributed by atoms with E-state index in [0.29, 0.717) is 28.7 Å². The summed E-state index contributed by atoms with van der Waals surface area (Å²) in [5.41, 5.74) is 4.36. The molecule has 0 fully saturated rings. The maximum absolute atomic E-state index is 11.7. The van der Waals surface area contributed by atoms with Crippen molar-refractivity contribution in [3.8, 4) is 0 Å². The standard InChI is InChI=1S/C27H32Cl2N2O2/c1-2-3-4-5-6-7-15-31-19-21(17-26(31)27(32)33)16-20-11-13-22(14-12-20)30-18-23-24(28)9-8-10-25(23)29/h8-14,17,19,30H,2-7,15-16,18H2,1H3,(H,32,33). The minimum absolute atomic E-state index is 0.369. The van der Waals surface area contributed by atoms with Gasteiger partial charge in [0, 0.05) is 40.6 Å². The number of carboxylic acids is 1. The number of aryl methyl sites for hydroxylation is 1. The smallest absolute Gasteiger partial charge is 0.352 e. The number of unbranched alkanes of at least 4 members (excludes halogenated alkanes) is 5. The molecule has 0 saturated heterocycles. The minimum Gasteiger partial charge on any atom is -0.477 e. The quantitative estimate of drug-likeness (QED) is 0.240. The molecule has 0 spiro atoms. The summed E-state index contributed by atoms with van der Waals surface area (Å²) in [7, 11) is 0. The van der Waals surface area contributed by atoms with Gasteiger partial charge in [-0.05, 0) is 54.3 Å². The summed E-state index contributed by atoms with van der Waals surface area (Å²) < 4.78 is 1.89. The van der Waals surface area contributed by atoms with Crippen LogP contribution in [-0.4, -0.2) is 15.6 Å². The predicted octanol–water partition coefficient (Wildman–Crippen LogP) is 8.06. The first kappa shape index (κ1) is 25.2. The number of aromatic carboxylic acids is 1. The minimum atomic E-state index is -0.870. The van der Waals surface area contributed by atoms with Gasteiger partial charge in [0.25, 0.3) is 0 Å². The molecule has 0 amide bonds. The van der Waals surface area contributed by atoms with E-state index in [0.717, 1.165) is 41.8 Å². The Morgan fingerprint density at radius 3 is 2.27 bits per heavy atom. The summed E-state index contributed by atoms with van der Waals surface area (Å²) in [4.78, 5) is 11.7. The molecule has 33 heavy (non-hydrogen) atoms. The first-order chi connectivity index (χ1) is 16.0. The Morgan fingerprint density at radius 2 is 1.61 bits per heavy atom. The average molecular weight is 487 g/mol. The number of rotatable bonds is 13. The maximum atomic E-state index is 11.7. The molecule has 0 aliphatic rings. The zero-order valence-corrected chi connectivity index (χ0v) is 20.6. The molecule has 4 nitrogen and oxygen atoms in total. The van der Waals surface area contributed by atoms with Gasteiger partial charge < -0.3 is 15.0 Å². The van der Waals surface area contributed by atoms with Gasteiger partial charge in [0.1, 0.15) is 5.69 Å². The fraction of sp³-hybridized carbons (Fsp3) is 0.370. The van der Waals surface area contributed by atoms with Crippen LogP contribution >= 0.6 is 23.2 Å². The predicted molar refractivity (Wildman–Crippen MR) is 138 cm³/mol. The van der Waals surface area contributed by atoms with Gasteiger partial charge in [0.05, 0.1) is 0 Å². The van der Waals surface area contributed by atoms with Crippen LogP contribution < -0.4 is 5.32 Å². The molecule has 2 aromatic carbocycles. The van der Waals surface area contributed by atoms with Crippen molar-refractivity contribution in [2.24, 2.45) is 0 Å². The van der Waals surface area contributed by atoms with Crippen LogP contribution in [0.4, 0.5) is 5.69 Å². The van der Waals surface area contributed by atoms with E-state index >= 15 is 0 Å². The highest BCUT2D eigenvalue weighted by atomic mass is 35.5. The monoisotopic (exact) mass is 486 g/mol. The van der Waals surface area contributed by atoms with Gasteiger partial charge >= 0.3 is 5.97 Å². The molecule has 0 radical (unpaired) electrons. The van der Waals surface area contributed by atoms with E-state index in [2.05, 4.69) is 24.4 Å². The van der Waals surface area contributed by atoms with Crippen LogP contribution in [0.1, 0.15) is 72.6 Å². The molecule has 1 heterocycles. The van der Waals surface area contributed by atoms with Gasteiger partial charge in [-0.15, -0.1) is 0 Å². The van der Waals surface area contributed by atoms with Gasteiger partial charge in [-0.3, -0.25) is 0 Å². The Hall–Kier alpha value is -2.43. The van der Waals surface area contributed by atoms with E-state index in [-0.39, 0.29) is 0 Å². The van der Waals surface area contributed by atoms with Crippen molar-refractivity contribution >= 4 is 34.9 Å². The molecule has 3 rings (SSSR count). The summed E-state index contributed by atoms with van der Waals surface area (Å²) in [6.45, 7) is 3.50. The Labute approximate surface area is 206 Å². The van der Waals surface area contributed by atoms with E-state index in [9.17, 15) is 9.90 Å². The maximum Gasteiger partial charge on any atom is 0.352 e. The third-order valence-electron chi connectivity index (χ3n) is 5.82. The van der Waals surface area contributed by atoms with Crippen LogP contribution in [0.2, 0.25) is 10.0 Å². The van der Waals surface area contributed by atoms with Crippen molar-refractivity contribution in [1.82, 2.24) is 4.57 Å². The number of benzene rings is 2. The molecule has 6 heteroatoms. The third-order valence-corrected chi connectivity index (χ3v) is 6.53. The Balaban J connectivity index is 1.57. The molecule has 2 N–H and O–H groups in total. The number of hydrogen-bond donors (Lipinski definition) is 2. The van der Waals surface area contributed by atoms with Crippen LogP contribution in [0.15, 0.2) is 54.7 Å². The lowest BCUT2D eigenvalue weighted by Gasteiger charge is -2.10. The first-order valence-electron chi connectivity index (χ1n) is 11.7. The zero-order valence-electron chi connectivity index (χ0n) is 19.1. The second-order valence-corrected chi connectivity index (χ2v) is 9.24. The molecule has 0 atom stereocenters. The Morgan fingerprint density at radius 1 is 0.939 bits per heavy atom. The molecular formula is C27H32Cl2N2O2. The van der Waals surface area contributed by atoms with Crippen molar-refractivity contribution in [3.05, 3.63) is 87.2 Å². The van der Waals surface area contributed by atoms with Crippen molar-refractivity contribution < 1.29 is 9.90 Å². The summed E-state index contributed by atoms with van der Waals surface area (Å²) in [6.07, 6.45) is 9.81. The normalized spacial score (nSPS) is 11.0. The topological polar surface area (TPSA) is 54.3 Å². The summed E-state index contributed by atoms with van der Waals surface area (Å²) in [5, 5.41) is 14.2. The second kappa shape index (κ2) is 12.7. The second-order valence-electron chi connectivity index (χ2n) is 8.43. The van der Waals surface area contributed by atoms with E-state index in [1.54, 1.807) is 6.07 Å². The van der Waals surface area contributed by atoms with Crippen LogP contribution in [0.25, 0.3) is 0 Å². The number of hydrogen-bond acceptors (Lipinski definition) is 2. The fourth-order valence-corrected chi connectivity index (χ4v) is 4.49. The molecule has 0 unspecified atom stereocenters. The number of carboxylic acid groups (broad SMARTS) is 1. The molecule has 3 aromatic rings. The fourth-order valence-electron chi connectivity index (χ4n) is 3.96. The highest BCUT2D eigenvalue weighted by Crippen LogP contribution is 2.25. The number of carbonyl (C=O) groups is 1. The lowest BCUT2D eigenvalue weighted by atomic mass is 10.1. The van der Waals surface area contributed by atoms with Crippen molar-refractivity contribution in [2.45, 2.75) is 65.0 Å². The summed E-state index contributed by atoms with van der Waals surface area (Å²) in [6, 6.07) is 15.4. The van der Waals surface area contributed by atoms with Gasteiger partial charge in [-0.2, -0.15) is 0 Å². The van der Waals surface area contributed by atoms with E-state index in [4.69, 9.17) is 23.2 Å². The van der Waals surface area contributed by atoms with Gasteiger partial charge in [-0.1, -0.05) is 80.4 Å². The van der Waals surface area contributed by atoms with E-state index < -0.39 is 5.97 Å². The summed E-state index contributed by atoms with van der Waals surface area (Å²) >= 11 is 12.5. The largest absolute Gasteiger partial charge is 0.477 e. The van der Waals surface area contributed by atoms with E-state index in [1.807, 2.05) is 41.1 Å². The highest BCUT2D eigenvalue weighted by molar-refractivity contribution is 6.36. The lowest BCUT2D eigenvalue weighted by Crippen LogP contribution is -2.07. The first-order valence-corrected chi connectivity index (χ1v) is 12.4. The third kappa shape index (κ3) is 7.55. The molecule has 0 aliphatic carbocycles. The number of nitrogens with zero attached hydrogens (tertiary/aromatic N) is 1. The van der Waals surface area contributed by atoms with Crippen LogP contribution in [0.3, 0.4) is 0 Å². The van der Waals surface area contributed by atoms with Crippen molar-refractivity contribution in [3.63, 3.8) is 0 Å². The average Bonchev–Trinajstić information content (AvgIpc) is 3.20. The lowest BCUT2D eigenvalue weighted by molar-refractivity contribution is 0.0685. The number of anilines is 1. The Bertz CT molecular complexity index is 1020. The van der Waals surface area contributed by atoms with Crippen molar-refractivity contribution in [1.29, 1.82) is 0 Å². The van der Waals surface area contributed by atoms with Gasteiger partial charge in [0.15, 0.2) is 0 Å².